The second-order valence-corrected chi connectivity index (χ2v) is 3.64. The van der Waals surface area contributed by atoms with Gasteiger partial charge in [-0.1, -0.05) is 0 Å². The minimum atomic E-state index is -1.11. The molecule has 4 heteroatoms. The van der Waals surface area contributed by atoms with Crippen LogP contribution in [-0.4, -0.2) is 19.3 Å². The molecule has 0 aliphatic heterocycles. The summed E-state index contributed by atoms with van der Waals surface area (Å²) < 4.78 is 23.5. The molecule has 0 spiro atoms. The lowest BCUT2D eigenvalue weighted by molar-refractivity contribution is 0.192. The van der Waals surface area contributed by atoms with Gasteiger partial charge in [-0.15, -0.1) is 0 Å². The van der Waals surface area contributed by atoms with Gasteiger partial charge in [0.05, 0.1) is 20.3 Å². The largest absolute Gasteiger partial charge is 0.493 e. The number of aliphatic hydroxyl groups excluding tert-OH is 1. The van der Waals surface area contributed by atoms with E-state index in [-0.39, 0.29) is 0 Å². The monoisotopic (exact) mass is 228 g/mol. The summed E-state index contributed by atoms with van der Waals surface area (Å²) in [5.74, 6) is 0.877. The Morgan fingerprint density at radius 2 is 1.81 bits per heavy atom. The standard InChI is InChI=1S/C12H17FO3/c1-7(13)9-5-10(8(2)14)12(16-4)11(6-9)15-3/h5-8,14H,1-4H3. The maximum absolute atomic E-state index is 13.3. The Balaban J connectivity index is 3.37. The fourth-order valence-electron chi connectivity index (χ4n) is 1.56. The van der Waals surface area contributed by atoms with Gasteiger partial charge in [0, 0.05) is 5.56 Å². The topological polar surface area (TPSA) is 38.7 Å². The van der Waals surface area contributed by atoms with E-state index in [2.05, 4.69) is 0 Å². The van der Waals surface area contributed by atoms with Crippen LogP contribution in [0.3, 0.4) is 0 Å². The molecule has 1 rings (SSSR count). The van der Waals surface area contributed by atoms with E-state index in [1.54, 1.807) is 19.1 Å². The van der Waals surface area contributed by atoms with Crippen LogP contribution < -0.4 is 9.47 Å². The molecule has 1 aromatic carbocycles. The summed E-state index contributed by atoms with van der Waals surface area (Å²) in [5.41, 5.74) is 0.995. The molecule has 2 unspecified atom stereocenters. The molecule has 3 nitrogen and oxygen atoms in total. The second kappa shape index (κ2) is 5.16. The first-order chi connectivity index (χ1) is 7.51. The number of aliphatic hydroxyl groups is 1. The van der Waals surface area contributed by atoms with Crippen molar-refractivity contribution in [3.63, 3.8) is 0 Å². The summed E-state index contributed by atoms with van der Waals surface area (Å²) in [6.45, 7) is 3.04. The van der Waals surface area contributed by atoms with Crippen molar-refractivity contribution in [2.24, 2.45) is 0 Å². The van der Waals surface area contributed by atoms with Crippen molar-refractivity contribution in [1.29, 1.82) is 0 Å². The highest BCUT2D eigenvalue weighted by atomic mass is 19.1. The molecule has 0 fully saturated rings. The van der Waals surface area contributed by atoms with Crippen molar-refractivity contribution in [3.8, 4) is 11.5 Å². The molecule has 0 amide bonds. The molecule has 0 aromatic heterocycles. The minimum absolute atomic E-state index is 0.431. The predicted molar refractivity (Wildman–Crippen MR) is 59.7 cm³/mol. The van der Waals surface area contributed by atoms with Gasteiger partial charge in [-0.3, -0.25) is 0 Å². The molecule has 0 saturated carbocycles. The van der Waals surface area contributed by atoms with Crippen LogP contribution in [0.5, 0.6) is 11.5 Å². The Hall–Kier alpha value is -1.29. The molecule has 16 heavy (non-hydrogen) atoms. The van der Waals surface area contributed by atoms with E-state index in [0.717, 1.165) is 0 Å². The van der Waals surface area contributed by atoms with Crippen LogP contribution in [0.2, 0.25) is 0 Å². The fourth-order valence-corrected chi connectivity index (χ4v) is 1.56. The molecule has 0 heterocycles. The lowest BCUT2D eigenvalue weighted by Crippen LogP contribution is -2.01. The second-order valence-electron chi connectivity index (χ2n) is 3.64. The molecular formula is C12H17FO3. The Labute approximate surface area is 94.8 Å². The Bertz CT molecular complexity index is 362. The number of hydrogen-bond acceptors (Lipinski definition) is 3. The van der Waals surface area contributed by atoms with Gasteiger partial charge in [-0.25, -0.2) is 4.39 Å². The Morgan fingerprint density at radius 3 is 2.19 bits per heavy atom. The van der Waals surface area contributed by atoms with Crippen molar-refractivity contribution in [1.82, 2.24) is 0 Å². The van der Waals surface area contributed by atoms with E-state index in [9.17, 15) is 9.50 Å². The molecule has 0 radical (unpaired) electrons. The average molecular weight is 228 g/mol. The lowest BCUT2D eigenvalue weighted by atomic mass is 10.0. The maximum Gasteiger partial charge on any atom is 0.166 e. The molecular weight excluding hydrogens is 211 g/mol. The zero-order valence-corrected chi connectivity index (χ0v) is 9.95. The number of methoxy groups -OCH3 is 2. The predicted octanol–water partition coefficient (Wildman–Crippen LogP) is 2.79. The first kappa shape index (κ1) is 12.8. The molecule has 1 aromatic rings. The summed E-state index contributed by atoms with van der Waals surface area (Å²) in [6.07, 6.45) is -1.85. The maximum atomic E-state index is 13.3. The highest BCUT2D eigenvalue weighted by Gasteiger charge is 2.17. The van der Waals surface area contributed by atoms with E-state index in [0.29, 0.717) is 22.6 Å². The smallest absolute Gasteiger partial charge is 0.166 e. The Morgan fingerprint density at radius 1 is 1.19 bits per heavy atom. The van der Waals surface area contributed by atoms with E-state index >= 15 is 0 Å². The van der Waals surface area contributed by atoms with E-state index in [1.165, 1.54) is 21.1 Å². The molecule has 0 bridgehead atoms. The summed E-state index contributed by atoms with van der Waals surface area (Å²) in [6, 6.07) is 3.17. The van der Waals surface area contributed by atoms with Gasteiger partial charge >= 0.3 is 0 Å². The van der Waals surface area contributed by atoms with Crippen LogP contribution in [-0.2, 0) is 0 Å². The van der Waals surface area contributed by atoms with Crippen LogP contribution in [0.25, 0.3) is 0 Å². The van der Waals surface area contributed by atoms with Crippen molar-refractivity contribution in [3.05, 3.63) is 23.3 Å². The summed E-state index contributed by atoms with van der Waals surface area (Å²) in [4.78, 5) is 0. The van der Waals surface area contributed by atoms with Gasteiger partial charge in [-0.05, 0) is 31.5 Å². The Kier molecular flexibility index (Phi) is 4.12. The number of benzene rings is 1. The molecule has 90 valence electrons. The third-order valence-corrected chi connectivity index (χ3v) is 2.44. The average Bonchev–Trinajstić information content (AvgIpc) is 2.26. The van der Waals surface area contributed by atoms with E-state index < -0.39 is 12.3 Å². The molecule has 0 saturated heterocycles. The third kappa shape index (κ3) is 2.44. The van der Waals surface area contributed by atoms with Crippen LogP contribution >= 0.6 is 0 Å². The number of ether oxygens (including phenoxy) is 2. The normalized spacial score (nSPS) is 14.4. The van der Waals surface area contributed by atoms with Gasteiger partial charge in [0.1, 0.15) is 6.17 Å². The first-order valence-corrected chi connectivity index (χ1v) is 5.09. The van der Waals surface area contributed by atoms with Crippen LogP contribution in [0.1, 0.15) is 37.3 Å². The lowest BCUT2D eigenvalue weighted by Gasteiger charge is -2.17. The van der Waals surface area contributed by atoms with Gasteiger partial charge in [0.2, 0.25) is 0 Å². The van der Waals surface area contributed by atoms with Gasteiger partial charge in [-0.2, -0.15) is 0 Å². The van der Waals surface area contributed by atoms with Crippen LogP contribution in [0, 0.1) is 0 Å². The van der Waals surface area contributed by atoms with Crippen molar-refractivity contribution in [2.75, 3.05) is 14.2 Å². The molecule has 0 aliphatic rings. The van der Waals surface area contributed by atoms with Gasteiger partial charge in [0.15, 0.2) is 11.5 Å². The SMILES string of the molecule is COc1cc(C(C)F)cc(C(C)O)c1OC. The zero-order valence-electron chi connectivity index (χ0n) is 9.95. The van der Waals surface area contributed by atoms with Crippen LogP contribution in [0.15, 0.2) is 12.1 Å². The number of halogens is 1. The number of rotatable bonds is 4. The van der Waals surface area contributed by atoms with Crippen molar-refractivity contribution in [2.45, 2.75) is 26.1 Å². The van der Waals surface area contributed by atoms with Crippen LogP contribution in [0.4, 0.5) is 4.39 Å². The summed E-state index contributed by atoms with van der Waals surface area (Å²) >= 11 is 0. The minimum Gasteiger partial charge on any atom is -0.493 e. The first-order valence-electron chi connectivity index (χ1n) is 5.09. The van der Waals surface area contributed by atoms with E-state index in [1.807, 2.05) is 0 Å². The third-order valence-electron chi connectivity index (χ3n) is 2.44. The zero-order chi connectivity index (χ0) is 12.3. The number of hydrogen-bond donors (Lipinski definition) is 1. The summed E-state index contributed by atoms with van der Waals surface area (Å²) in [7, 11) is 2.97. The van der Waals surface area contributed by atoms with Crippen molar-refractivity contribution >= 4 is 0 Å². The van der Waals surface area contributed by atoms with E-state index in [4.69, 9.17) is 9.47 Å². The van der Waals surface area contributed by atoms with Crippen molar-refractivity contribution < 1.29 is 19.0 Å². The quantitative estimate of drug-likeness (QED) is 0.861. The molecule has 0 aliphatic carbocycles. The molecule has 2 atom stereocenters. The van der Waals surface area contributed by atoms with Gasteiger partial charge < -0.3 is 14.6 Å². The number of alkyl halides is 1. The highest BCUT2D eigenvalue weighted by molar-refractivity contribution is 5.50. The van der Waals surface area contributed by atoms with Gasteiger partial charge in [0.25, 0.3) is 0 Å². The fraction of sp³-hybridized carbons (Fsp3) is 0.500. The molecule has 1 N–H and O–H groups in total. The summed E-state index contributed by atoms with van der Waals surface area (Å²) in [5, 5.41) is 9.60. The highest BCUT2D eigenvalue weighted by Crippen LogP contribution is 2.38.